The zero-order chi connectivity index (χ0) is 17.9. The molecule has 0 saturated heterocycles. The average Bonchev–Trinajstić information content (AvgIpc) is 2.94. The number of rotatable bonds is 6. The van der Waals surface area contributed by atoms with Gasteiger partial charge in [0.1, 0.15) is 4.21 Å². The molecule has 0 fully saturated rings. The number of hydrogen-bond acceptors (Lipinski definition) is 4. The lowest BCUT2D eigenvalue weighted by atomic mass is 10.0. The fourth-order valence-electron chi connectivity index (χ4n) is 2.31. The van der Waals surface area contributed by atoms with Crippen LogP contribution in [0.2, 0.25) is 4.34 Å². The Kier molecular flexibility index (Phi) is 6.03. The second-order valence-electron chi connectivity index (χ2n) is 5.47. The number of carbonyl (C=O) groups excluding carboxylic acids is 1. The van der Waals surface area contributed by atoms with Crippen molar-refractivity contribution in [2.75, 3.05) is 13.6 Å². The number of halogens is 1. The third kappa shape index (κ3) is 4.36. The van der Waals surface area contributed by atoms with E-state index in [2.05, 4.69) is 5.32 Å². The highest BCUT2D eigenvalue weighted by atomic mass is 35.5. The first-order valence-electron chi connectivity index (χ1n) is 7.28. The molecule has 8 heteroatoms. The molecular formula is C16H19ClN2O3S2. The molecule has 1 N–H and O–H groups in total. The van der Waals surface area contributed by atoms with Gasteiger partial charge in [-0.2, -0.15) is 4.31 Å². The van der Waals surface area contributed by atoms with E-state index in [4.69, 9.17) is 11.6 Å². The lowest BCUT2D eigenvalue weighted by Gasteiger charge is -2.19. The summed E-state index contributed by atoms with van der Waals surface area (Å²) in [5.74, 6) is -0.362. The highest BCUT2D eigenvalue weighted by Gasteiger charge is 2.25. The van der Waals surface area contributed by atoms with Gasteiger partial charge in [-0.05, 0) is 37.1 Å². The highest BCUT2D eigenvalue weighted by Crippen LogP contribution is 2.27. The molecule has 0 aliphatic carbocycles. The maximum Gasteiger partial charge on any atom is 0.252 e. The molecule has 0 aliphatic rings. The van der Waals surface area contributed by atoms with Crippen molar-refractivity contribution in [3.8, 4) is 0 Å². The molecule has 2 aromatic rings. The van der Waals surface area contributed by atoms with E-state index >= 15 is 0 Å². The van der Waals surface area contributed by atoms with Gasteiger partial charge in [0.15, 0.2) is 0 Å². The van der Waals surface area contributed by atoms with Gasteiger partial charge >= 0.3 is 0 Å². The molecule has 0 saturated carbocycles. The minimum Gasteiger partial charge on any atom is -0.348 e. The van der Waals surface area contributed by atoms with Gasteiger partial charge in [-0.25, -0.2) is 8.42 Å². The minimum absolute atomic E-state index is 0.120. The van der Waals surface area contributed by atoms with Crippen LogP contribution in [0.25, 0.3) is 0 Å². The van der Waals surface area contributed by atoms with Crippen molar-refractivity contribution in [2.24, 2.45) is 0 Å². The molecule has 1 unspecified atom stereocenters. The number of thiophene rings is 1. The number of nitrogens with zero attached hydrogens (tertiary/aromatic N) is 1. The Morgan fingerprint density at radius 2 is 1.96 bits per heavy atom. The quantitative estimate of drug-likeness (QED) is 0.828. The van der Waals surface area contributed by atoms with Crippen LogP contribution in [-0.2, 0) is 14.8 Å². The normalized spacial score (nSPS) is 13.0. The standard InChI is InChI=1S/C16H19ClN2O3S2/c1-11-6-4-5-7-13(11)12(2)18-15(20)10-19(3)24(21,22)16-9-8-14(17)23-16/h4-9,12H,10H2,1-3H3,(H,18,20). The Morgan fingerprint density at radius 1 is 1.29 bits per heavy atom. The number of likely N-dealkylation sites (N-methyl/N-ethyl adjacent to an activating group) is 1. The van der Waals surface area contributed by atoms with Gasteiger partial charge < -0.3 is 5.32 Å². The Labute approximate surface area is 151 Å². The Balaban J connectivity index is 2.03. The second-order valence-corrected chi connectivity index (χ2v) is 9.45. The second kappa shape index (κ2) is 7.65. The predicted molar refractivity (Wildman–Crippen MR) is 96.9 cm³/mol. The number of nitrogens with one attached hydrogen (secondary N) is 1. The summed E-state index contributed by atoms with van der Waals surface area (Å²) in [5.41, 5.74) is 2.07. The van der Waals surface area contributed by atoms with Gasteiger partial charge in [0, 0.05) is 7.05 Å². The molecule has 1 aromatic heterocycles. The summed E-state index contributed by atoms with van der Waals surface area (Å²) in [7, 11) is -2.34. The minimum atomic E-state index is -3.72. The van der Waals surface area contributed by atoms with Crippen LogP contribution in [-0.4, -0.2) is 32.2 Å². The topological polar surface area (TPSA) is 66.5 Å². The van der Waals surface area contributed by atoms with Crippen LogP contribution in [0, 0.1) is 6.92 Å². The van der Waals surface area contributed by atoms with Crippen molar-refractivity contribution in [1.82, 2.24) is 9.62 Å². The third-order valence-electron chi connectivity index (χ3n) is 3.61. The molecule has 24 heavy (non-hydrogen) atoms. The Bertz CT molecular complexity index is 833. The van der Waals surface area contributed by atoms with E-state index in [0.717, 1.165) is 26.8 Å². The summed E-state index contributed by atoms with van der Waals surface area (Å²) in [6.07, 6.45) is 0. The maximum absolute atomic E-state index is 12.4. The number of benzene rings is 1. The SMILES string of the molecule is Cc1ccccc1C(C)NC(=O)CN(C)S(=O)(=O)c1ccc(Cl)s1. The molecule has 1 heterocycles. The van der Waals surface area contributed by atoms with E-state index in [9.17, 15) is 13.2 Å². The van der Waals surface area contributed by atoms with E-state index in [1.165, 1.54) is 19.2 Å². The first-order chi connectivity index (χ1) is 11.2. The van der Waals surface area contributed by atoms with Crippen LogP contribution in [0.5, 0.6) is 0 Å². The largest absolute Gasteiger partial charge is 0.348 e. The molecule has 0 aliphatic heterocycles. The van der Waals surface area contributed by atoms with Crippen LogP contribution >= 0.6 is 22.9 Å². The van der Waals surface area contributed by atoms with Crippen molar-refractivity contribution >= 4 is 38.9 Å². The van der Waals surface area contributed by atoms with Crippen molar-refractivity contribution in [2.45, 2.75) is 24.1 Å². The average molecular weight is 387 g/mol. The molecular weight excluding hydrogens is 368 g/mol. The molecule has 1 amide bonds. The smallest absolute Gasteiger partial charge is 0.252 e. The highest BCUT2D eigenvalue weighted by molar-refractivity contribution is 7.91. The number of amides is 1. The van der Waals surface area contributed by atoms with E-state index in [0.29, 0.717) is 4.34 Å². The molecule has 5 nitrogen and oxygen atoms in total. The summed E-state index contributed by atoms with van der Waals surface area (Å²) in [6, 6.07) is 10.5. The summed E-state index contributed by atoms with van der Waals surface area (Å²) in [4.78, 5) is 12.2. The van der Waals surface area contributed by atoms with E-state index in [1.54, 1.807) is 0 Å². The maximum atomic E-state index is 12.4. The van der Waals surface area contributed by atoms with E-state index < -0.39 is 10.0 Å². The molecule has 0 bridgehead atoms. The number of carbonyl (C=O) groups is 1. The zero-order valence-corrected chi connectivity index (χ0v) is 16.0. The first-order valence-corrected chi connectivity index (χ1v) is 9.92. The molecule has 0 spiro atoms. The number of aryl methyl sites for hydroxylation is 1. The lowest BCUT2D eigenvalue weighted by Crippen LogP contribution is -2.39. The van der Waals surface area contributed by atoms with Gasteiger partial charge in [0.05, 0.1) is 16.9 Å². The van der Waals surface area contributed by atoms with Crippen molar-refractivity contribution < 1.29 is 13.2 Å². The summed E-state index contributed by atoms with van der Waals surface area (Å²) in [5, 5.41) is 2.83. The fraction of sp³-hybridized carbons (Fsp3) is 0.312. The Morgan fingerprint density at radius 3 is 2.54 bits per heavy atom. The van der Waals surface area contributed by atoms with Crippen LogP contribution in [0.3, 0.4) is 0 Å². The van der Waals surface area contributed by atoms with Crippen LogP contribution in [0.15, 0.2) is 40.6 Å². The van der Waals surface area contributed by atoms with Crippen molar-refractivity contribution in [3.05, 3.63) is 51.9 Å². The number of sulfonamides is 1. The van der Waals surface area contributed by atoms with Gasteiger partial charge in [-0.15, -0.1) is 11.3 Å². The lowest BCUT2D eigenvalue weighted by molar-refractivity contribution is -0.121. The summed E-state index contributed by atoms with van der Waals surface area (Å²) in [6.45, 7) is 3.58. The summed E-state index contributed by atoms with van der Waals surface area (Å²) >= 11 is 6.75. The van der Waals surface area contributed by atoms with Gasteiger partial charge in [-0.1, -0.05) is 35.9 Å². The molecule has 1 atom stereocenters. The fourth-order valence-corrected chi connectivity index (χ4v) is 5.14. The zero-order valence-electron chi connectivity index (χ0n) is 13.6. The van der Waals surface area contributed by atoms with Gasteiger partial charge in [-0.3, -0.25) is 4.79 Å². The molecule has 0 radical (unpaired) electrons. The van der Waals surface area contributed by atoms with Gasteiger partial charge in [0.25, 0.3) is 10.0 Å². The first kappa shape index (κ1) is 18.9. The molecule has 2 rings (SSSR count). The molecule has 1 aromatic carbocycles. The van der Waals surface area contributed by atoms with Gasteiger partial charge in [0.2, 0.25) is 5.91 Å². The monoisotopic (exact) mass is 386 g/mol. The van der Waals surface area contributed by atoms with Crippen LogP contribution < -0.4 is 5.32 Å². The van der Waals surface area contributed by atoms with Crippen molar-refractivity contribution in [3.63, 3.8) is 0 Å². The van der Waals surface area contributed by atoms with E-state index in [-0.39, 0.29) is 22.7 Å². The van der Waals surface area contributed by atoms with Crippen molar-refractivity contribution in [1.29, 1.82) is 0 Å². The predicted octanol–water partition coefficient (Wildman–Crippen LogP) is 3.21. The van der Waals surface area contributed by atoms with Crippen LogP contribution in [0.1, 0.15) is 24.1 Å². The summed E-state index contributed by atoms with van der Waals surface area (Å²) < 4.78 is 26.3. The van der Waals surface area contributed by atoms with Crippen LogP contribution in [0.4, 0.5) is 0 Å². The third-order valence-corrected chi connectivity index (χ3v) is 7.11. The number of hydrogen-bond donors (Lipinski definition) is 1. The van der Waals surface area contributed by atoms with E-state index in [1.807, 2.05) is 38.1 Å². The Hall–Kier alpha value is -1.41. The molecule has 130 valence electrons.